The van der Waals surface area contributed by atoms with Crippen LogP contribution in [-0.2, 0) is 16.0 Å². The summed E-state index contributed by atoms with van der Waals surface area (Å²) in [7, 11) is 0. The fraction of sp³-hybridized carbons (Fsp3) is 0.333. The summed E-state index contributed by atoms with van der Waals surface area (Å²) < 4.78 is 16.3. The van der Waals surface area contributed by atoms with Gasteiger partial charge in [-0.3, -0.25) is 20.4 Å². The highest BCUT2D eigenvalue weighted by atomic mass is 16.7. The van der Waals surface area contributed by atoms with Gasteiger partial charge in [0.15, 0.2) is 17.6 Å². The summed E-state index contributed by atoms with van der Waals surface area (Å²) in [6, 6.07) is 11.2. The minimum Gasteiger partial charge on any atom is -0.481 e. The first-order chi connectivity index (χ1) is 13.4. The van der Waals surface area contributed by atoms with E-state index in [-0.39, 0.29) is 19.1 Å². The van der Waals surface area contributed by atoms with E-state index in [1.54, 1.807) is 6.92 Å². The highest BCUT2D eigenvalue weighted by molar-refractivity contribution is 5.84. The second-order valence-corrected chi connectivity index (χ2v) is 6.68. The first-order valence-corrected chi connectivity index (χ1v) is 9.14. The number of hydrogen-bond acceptors (Lipinski definition) is 5. The van der Waals surface area contributed by atoms with Crippen LogP contribution in [0.3, 0.4) is 0 Å². The molecule has 1 heterocycles. The molecule has 2 aromatic carbocycles. The Balaban J connectivity index is 1.43. The Morgan fingerprint density at radius 3 is 2.71 bits per heavy atom. The van der Waals surface area contributed by atoms with E-state index < -0.39 is 12.0 Å². The van der Waals surface area contributed by atoms with Crippen LogP contribution < -0.4 is 25.1 Å². The Bertz CT molecular complexity index is 881. The summed E-state index contributed by atoms with van der Waals surface area (Å²) in [6.45, 7) is 5.77. The summed E-state index contributed by atoms with van der Waals surface area (Å²) in [5.74, 6) is 1.33. The smallest absolute Gasteiger partial charge is 0.279 e. The first-order valence-electron chi connectivity index (χ1n) is 9.14. The standard InChI is InChI=1S/C21H24N2O5/c1-13-5-4-6-17(14(13)2)28-15(3)21(25)23-22-20(24)10-8-16-7-9-18-19(11-16)27-12-26-18/h4-7,9,11,15H,8,10,12H2,1-3H3,(H,22,24)(H,23,25). The highest BCUT2D eigenvalue weighted by Gasteiger charge is 2.17. The minimum absolute atomic E-state index is 0.216. The Hall–Kier alpha value is -3.22. The number of aryl methyl sites for hydroxylation is 2. The molecular formula is C21H24N2O5. The van der Waals surface area contributed by atoms with Crippen LogP contribution in [0.1, 0.15) is 30.0 Å². The third-order valence-corrected chi connectivity index (χ3v) is 4.63. The molecule has 2 N–H and O–H groups in total. The van der Waals surface area contributed by atoms with Gasteiger partial charge in [-0.25, -0.2) is 0 Å². The van der Waals surface area contributed by atoms with Crippen molar-refractivity contribution in [3.05, 3.63) is 53.1 Å². The molecule has 0 aliphatic carbocycles. The number of rotatable bonds is 6. The molecule has 2 aromatic rings. The molecule has 0 fully saturated rings. The molecule has 148 valence electrons. The van der Waals surface area contributed by atoms with Gasteiger partial charge in [-0.05, 0) is 62.1 Å². The fourth-order valence-corrected chi connectivity index (χ4v) is 2.75. The number of carbonyl (C=O) groups excluding carboxylic acids is 2. The highest BCUT2D eigenvalue weighted by Crippen LogP contribution is 2.32. The predicted molar refractivity (Wildman–Crippen MR) is 103 cm³/mol. The molecule has 3 rings (SSSR count). The van der Waals surface area contributed by atoms with Gasteiger partial charge < -0.3 is 14.2 Å². The lowest BCUT2D eigenvalue weighted by Gasteiger charge is -2.17. The molecule has 0 bridgehead atoms. The zero-order valence-corrected chi connectivity index (χ0v) is 16.2. The number of amides is 2. The quantitative estimate of drug-likeness (QED) is 0.748. The van der Waals surface area contributed by atoms with Gasteiger partial charge in [0.25, 0.3) is 5.91 Å². The lowest BCUT2D eigenvalue weighted by Crippen LogP contribution is -2.47. The molecule has 1 aliphatic heterocycles. The Morgan fingerprint density at radius 1 is 1.11 bits per heavy atom. The van der Waals surface area contributed by atoms with Crippen LogP contribution in [0, 0.1) is 13.8 Å². The van der Waals surface area contributed by atoms with E-state index >= 15 is 0 Å². The second kappa shape index (κ2) is 8.65. The van der Waals surface area contributed by atoms with E-state index in [0.29, 0.717) is 23.7 Å². The van der Waals surface area contributed by atoms with Crippen LogP contribution in [-0.4, -0.2) is 24.7 Å². The van der Waals surface area contributed by atoms with Gasteiger partial charge in [0.2, 0.25) is 12.7 Å². The van der Waals surface area contributed by atoms with Crippen molar-refractivity contribution in [3.8, 4) is 17.2 Å². The minimum atomic E-state index is -0.741. The molecule has 7 heteroatoms. The maximum atomic E-state index is 12.2. The fourth-order valence-electron chi connectivity index (χ4n) is 2.75. The molecule has 0 radical (unpaired) electrons. The Labute approximate surface area is 164 Å². The number of ether oxygens (including phenoxy) is 3. The van der Waals surface area contributed by atoms with E-state index in [1.807, 2.05) is 50.2 Å². The average Bonchev–Trinajstić information content (AvgIpc) is 3.15. The molecular weight excluding hydrogens is 360 g/mol. The van der Waals surface area contributed by atoms with E-state index in [2.05, 4.69) is 10.9 Å². The van der Waals surface area contributed by atoms with Crippen LogP contribution in [0.15, 0.2) is 36.4 Å². The maximum absolute atomic E-state index is 12.2. The lowest BCUT2D eigenvalue weighted by atomic mass is 10.1. The van der Waals surface area contributed by atoms with Crippen molar-refractivity contribution in [2.24, 2.45) is 0 Å². The van der Waals surface area contributed by atoms with Crippen LogP contribution in [0.4, 0.5) is 0 Å². The summed E-state index contributed by atoms with van der Waals surface area (Å²) >= 11 is 0. The normalized spacial score (nSPS) is 13.0. The third kappa shape index (κ3) is 4.73. The summed E-state index contributed by atoms with van der Waals surface area (Å²) in [5, 5.41) is 0. The predicted octanol–water partition coefficient (Wildman–Crippen LogP) is 2.58. The van der Waals surface area contributed by atoms with E-state index in [1.165, 1.54) is 0 Å². The van der Waals surface area contributed by atoms with Gasteiger partial charge in [0.05, 0.1) is 0 Å². The second-order valence-electron chi connectivity index (χ2n) is 6.68. The maximum Gasteiger partial charge on any atom is 0.279 e. The van der Waals surface area contributed by atoms with Crippen molar-refractivity contribution >= 4 is 11.8 Å². The van der Waals surface area contributed by atoms with Crippen LogP contribution in [0.2, 0.25) is 0 Å². The van der Waals surface area contributed by atoms with Crippen molar-refractivity contribution < 1.29 is 23.8 Å². The van der Waals surface area contributed by atoms with E-state index in [0.717, 1.165) is 16.7 Å². The van der Waals surface area contributed by atoms with Crippen molar-refractivity contribution in [1.82, 2.24) is 10.9 Å². The van der Waals surface area contributed by atoms with Gasteiger partial charge in [-0.1, -0.05) is 18.2 Å². The van der Waals surface area contributed by atoms with Gasteiger partial charge in [0, 0.05) is 6.42 Å². The Kier molecular flexibility index (Phi) is 6.03. The average molecular weight is 384 g/mol. The van der Waals surface area contributed by atoms with Gasteiger partial charge >= 0.3 is 0 Å². The van der Waals surface area contributed by atoms with Crippen LogP contribution in [0.5, 0.6) is 17.2 Å². The van der Waals surface area contributed by atoms with Gasteiger partial charge in [-0.2, -0.15) is 0 Å². The SMILES string of the molecule is Cc1cccc(OC(C)C(=O)NNC(=O)CCc2ccc3c(c2)OCO3)c1C. The number of hydrazine groups is 1. The molecule has 0 saturated heterocycles. The third-order valence-electron chi connectivity index (χ3n) is 4.63. The summed E-state index contributed by atoms with van der Waals surface area (Å²) in [5.41, 5.74) is 7.85. The Morgan fingerprint density at radius 2 is 1.89 bits per heavy atom. The van der Waals surface area contributed by atoms with Crippen molar-refractivity contribution in [3.63, 3.8) is 0 Å². The molecule has 1 unspecified atom stereocenters. The van der Waals surface area contributed by atoms with Crippen LogP contribution >= 0.6 is 0 Å². The number of benzene rings is 2. The number of carbonyl (C=O) groups is 2. The van der Waals surface area contributed by atoms with Crippen molar-refractivity contribution in [2.45, 2.75) is 39.7 Å². The number of nitrogens with one attached hydrogen (secondary N) is 2. The zero-order valence-electron chi connectivity index (χ0n) is 16.2. The monoisotopic (exact) mass is 384 g/mol. The van der Waals surface area contributed by atoms with Crippen molar-refractivity contribution in [1.29, 1.82) is 0 Å². The summed E-state index contributed by atoms with van der Waals surface area (Å²) in [4.78, 5) is 24.2. The largest absolute Gasteiger partial charge is 0.481 e. The number of fused-ring (bicyclic) bond motifs is 1. The molecule has 0 aromatic heterocycles. The van der Waals surface area contributed by atoms with Crippen molar-refractivity contribution in [2.75, 3.05) is 6.79 Å². The topological polar surface area (TPSA) is 85.9 Å². The van der Waals surface area contributed by atoms with Gasteiger partial charge in [-0.15, -0.1) is 0 Å². The lowest BCUT2D eigenvalue weighted by molar-refractivity contribution is -0.132. The van der Waals surface area contributed by atoms with Gasteiger partial charge in [0.1, 0.15) is 5.75 Å². The molecule has 7 nitrogen and oxygen atoms in total. The molecule has 0 saturated carbocycles. The molecule has 1 aliphatic rings. The first kappa shape index (κ1) is 19.5. The zero-order chi connectivity index (χ0) is 20.1. The number of hydrogen-bond donors (Lipinski definition) is 2. The van der Waals surface area contributed by atoms with E-state index in [9.17, 15) is 9.59 Å². The summed E-state index contributed by atoms with van der Waals surface area (Å²) in [6.07, 6.45) is 0.00799. The molecule has 1 atom stereocenters. The molecule has 2 amide bonds. The van der Waals surface area contributed by atoms with Crippen LogP contribution in [0.25, 0.3) is 0 Å². The molecule has 0 spiro atoms. The van der Waals surface area contributed by atoms with E-state index in [4.69, 9.17) is 14.2 Å². The molecule has 28 heavy (non-hydrogen) atoms.